The molecule has 2 aliphatic heterocycles. The van der Waals surface area contributed by atoms with Crippen molar-refractivity contribution in [2.24, 2.45) is 5.73 Å². The highest BCUT2D eigenvalue weighted by molar-refractivity contribution is 7.80. The Morgan fingerprint density at radius 1 is 1.40 bits per heavy atom. The molecule has 2 fully saturated rings. The largest absolute Gasteiger partial charge is 0.389 e. The minimum absolute atomic E-state index is 0.328. The van der Waals surface area contributed by atoms with Crippen LogP contribution in [0.3, 0.4) is 0 Å². The third-order valence-electron chi connectivity index (χ3n) is 4.74. The first-order valence-electron chi connectivity index (χ1n) is 7.45. The van der Waals surface area contributed by atoms with Gasteiger partial charge in [-0.2, -0.15) is 0 Å². The summed E-state index contributed by atoms with van der Waals surface area (Å²) in [5.41, 5.74) is 9.28. The van der Waals surface area contributed by atoms with Gasteiger partial charge in [-0.3, -0.25) is 0 Å². The van der Waals surface area contributed by atoms with E-state index in [0.29, 0.717) is 23.2 Å². The Bertz CT molecular complexity index is 574. The fourth-order valence-corrected chi connectivity index (χ4v) is 3.89. The maximum Gasteiger partial charge on any atom is 0.136 e. The molecule has 5 heteroatoms. The monoisotopic (exact) mass is 289 g/mol. The molecule has 2 bridgehead atoms. The van der Waals surface area contributed by atoms with Crippen molar-refractivity contribution in [2.45, 2.75) is 56.8 Å². The van der Waals surface area contributed by atoms with E-state index in [4.69, 9.17) is 27.7 Å². The van der Waals surface area contributed by atoms with Crippen LogP contribution in [0.2, 0.25) is 0 Å². The van der Waals surface area contributed by atoms with Gasteiger partial charge in [0, 0.05) is 5.69 Å². The fraction of sp³-hybridized carbons (Fsp3) is 0.600. The van der Waals surface area contributed by atoms with Crippen molar-refractivity contribution in [2.75, 3.05) is 5.32 Å². The van der Waals surface area contributed by atoms with Crippen molar-refractivity contribution < 1.29 is 4.74 Å². The van der Waals surface area contributed by atoms with Crippen LogP contribution in [0.5, 0.6) is 0 Å². The number of nitrogens with two attached hydrogens (primary N) is 1. The van der Waals surface area contributed by atoms with Gasteiger partial charge in [-0.1, -0.05) is 12.2 Å². The molecule has 1 aromatic rings. The van der Waals surface area contributed by atoms with Gasteiger partial charge in [-0.15, -0.1) is 0 Å². The Labute approximate surface area is 124 Å². The van der Waals surface area contributed by atoms with E-state index in [1.165, 1.54) is 24.1 Å². The van der Waals surface area contributed by atoms with E-state index < -0.39 is 0 Å². The molecule has 0 radical (unpaired) electrons. The molecular formula is C15H19N3OS. The maximum atomic E-state index is 5.90. The second-order valence-corrected chi connectivity index (χ2v) is 6.51. The number of anilines is 1. The summed E-state index contributed by atoms with van der Waals surface area (Å²) >= 11 is 5.19. The van der Waals surface area contributed by atoms with E-state index in [-0.39, 0.29) is 0 Å². The van der Waals surface area contributed by atoms with Gasteiger partial charge >= 0.3 is 0 Å². The van der Waals surface area contributed by atoms with Crippen LogP contribution in [0.4, 0.5) is 5.82 Å². The molecule has 20 heavy (non-hydrogen) atoms. The Morgan fingerprint density at radius 3 is 3.00 bits per heavy atom. The van der Waals surface area contributed by atoms with E-state index in [9.17, 15) is 0 Å². The van der Waals surface area contributed by atoms with Crippen LogP contribution >= 0.6 is 12.2 Å². The lowest BCUT2D eigenvalue weighted by Crippen LogP contribution is -2.32. The number of rotatable bonds is 3. The molecule has 1 aliphatic carbocycles. The average Bonchev–Trinajstić information content (AvgIpc) is 3.12. The van der Waals surface area contributed by atoms with Gasteiger partial charge in [0.2, 0.25) is 0 Å². The summed E-state index contributed by atoms with van der Waals surface area (Å²) < 4.78 is 5.90. The normalized spacial score (nSPS) is 30.5. The van der Waals surface area contributed by atoms with E-state index in [1.807, 2.05) is 0 Å². The lowest BCUT2D eigenvalue weighted by molar-refractivity contribution is 0.102. The van der Waals surface area contributed by atoms with Gasteiger partial charge in [0.25, 0.3) is 0 Å². The molecule has 106 valence electrons. The van der Waals surface area contributed by atoms with Crippen LogP contribution in [0, 0.1) is 0 Å². The quantitative estimate of drug-likeness (QED) is 0.833. The molecule has 3 atom stereocenters. The lowest BCUT2D eigenvalue weighted by Gasteiger charge is -2.22. The van der Waals surface area contributed by atoms with Gasteiger partial charge < -0.3 is 15.8 Å². The smallest absolute Gasteiger partial charge is 0.136 e. The van der Waals surface area contributed by atoms with Crippen molar-refractivity contribution in [3.8, 4) is 0 Å². The standard InChI is InChI=1S/C15H19N3OS/c16-14(20)10-6-8-2-1-3-11(8)17-15(10)18-12-7-9-4-5-13(12)19-9/h6,9,12-13H,1-5,7H2,(H2,16,20)(H,17,18). The Balaban J connectivity index is 1.64. The van der Waals surface area contributed by atoms with Gasteiger partial charge in [0.15, 0.2) is 0 Å². The van der Waals surface area contributed by atoms with Crippen LogP contribution in [0.25, 0.3) is 0 Å². The van der Waals surface area contributed by atoms with Crippen molar-refractivity contribution in [3.63, 3.8) is 0 Å². The molecule has 3 N–H and O–H groups in total. The first-order valence-corrected chi connectivity index (χ1v) is 7.86. The molecule has 3 unspecified atom stereocenters. The third-order valence-corrected chi connectivity index (χ3v) is 4.96. The number of nitrogens with zero attached hydrogens (tertiary/aromatic N) is 1. The molecule has 1 aromatic heterocycles. The zero-order valence-corrected chi connectivity index (χ0v) is 12.2. The molecule has 3 aliphatic rings. The highest BCUT2D eigenvalue weighted by atomic mass is 32.1. The van der Waals surface area contributed by atoms with E-state index in [2.05, 4.69) is 11.4 Å². The molecule has 0 saturated carbocycles. The number of pyridine rings is 1. The second kappa shape index (κ2) is 4.67. The number of thiocarbonyl (C=S) groups is 1. The van der Waals surface area contributed by atoms with Crippen LogP contribution < -0.4 is 11.1 Å². The predicted molar refractivity (Wildman–Crippen MR) is 82.1 cm³/mol. The topological polar surface area (TPSA) is 60.2 Å². The Hall–Kier alpha value is -1.20. The molecule has 4 rings (SSSR count). The third kappa shape index (κ3) is 2.00. The average molecular weight is 289 g/mol. The summed E-state index contributed by atoms with van der Waals surface area (Å²) in [6, 6.07) is 2.49. The molecule has 0 aromatic carbocycles. The lowest BCUT2D eigenvalue weighted by atomic mass is 9.95. The summed E-state index contributed by atoms with van der Waals surface area (Å²) in [6.07, 6.45) is 7.51. The van der Waals surface area contributed by atoms with Crippen LogP contribution in [-0.2, 0) is 17.6 Å². The van der Waals surface area contributed by atoms with E-state index in [1.54, 1.807) is 0 Å². The second-order valence-electron chi connectivity index (χ2n) is 6.07. The molecule has 3 heterocycles. The first-order chi connectivity index (χ1) is 9.70. The Kier molecular flexibility index (Phi) is 2.93. The number of ether oxygens (including phenoxy) is 1. The van der Waals surface area contributed by atoms with E-state index in [0.717, 1.165) is 37.1 Å². The predicted octanol–water partition coefficient (Wildman–Crippen LogP) is 1.94. The minimum atomic E-state index is 0.328. The zero-order chi connectivity index (χ0) is 13.7. The first kappa shape index (κ1) is 12.5. The van der Waals surface area contributed by atoms with Crippen LogP contribution in [-0.4, -0.2) is 28.2 Å². The van der Waals surface area contributed by atoms with Gasteiger partial charge in [0.1, 0.15) is 10.8 Å². The van der Waals surface area contributed by atoms with Crippen LogP contribution in [0.15, 0.2) is 6.07 Å². The summed E-state index contributed by atoms with van der Waals surface area (Å²) in [5, 5.41) is 3.55. The molecule has 2 saturated heterocycles. The fourth-order valence-electron chi connectivity index (χ4n) is 3.74. The molecular weight excluding hydrogens is 270 g/mol. The number of aryl methyl sites for hydroxylation is 2. The highest BCUT2D eigenvalue weighted by Crippen LogP contribution is 2.36. The summed E-state index contributed by atoms with van der Waals surface area (Å²) in [6.45, 7) is 0. The molecule has 0 amide bonds. The number of nitrogens with one attached hydrogen (secondary N) is 1. The number of hydrogen-bond donors (Lipinski definition) is 2. The van der Waals surface area contributed by atoms with Crippen molar-refractivity contribution in [1.29, 1.82) is 0 Å². The Morgan fingerprint density at radius 2 is 2.30 bits per heavy atom. The minimum Gasteiger partial charge on any atom is -0.389 e. The summed E-state index contributed by atoms with van der Waals surface area (Å²) in [4.78, 5) is 5.22. The van der Waals surface area contributed by atoms with Gasteiger partial charge in [0.05, 0.1) is 23.8 Å². The highest BCUT2D eigenvalue weighted by Gasteiger charge is 2.41. The van der Waals surface area contributed by atoms with Crippen molar-refractivity contribution in [3.05, 3.63) is 22.9 Å². The van der Waals surface area contributed by atoms with Crippen LogP contribution in [0.1, 0.15) is 42.5 Å². The van der Waals surface area contributed by atoms with Gasteiger partial charge in [-0.05, 0) is 50.2 Å². The van der Waals surface area contributed by atoms with E-state index >= 15 is 0 Å². The zero-order valence-electron chi connectivity index (χ0n) is 11.4. The maximum absolute atomic E-state index is 5.90. The molecule has 0 spiro atoms. The summed E-state index contributed by atoms with van der Waals surface area (Å²) in [7, 11) is 0. The van der Waals surface area contributed by atoms with Crippen molar-refractivity contribution >= 4 is 23.0 Å². The number of aromatic nitrogens is 1. The summed E-state index contributed by atoms with van der Waals surface area (Å²) in [5.74, 6) is 0.860. The number of hydrogen-bond acceptors (Lipinski definition) is 4. The molecule has 4 nitrogen and oxygen atoms in total. The number of fused-ring (bicyclic) bond motifs is 3. The van der Waals surface area contributed by atoms with Crippen molar-refractivity contribution in [1.82, 2.24) is 4.98 Å². The van der Waals surface area contributed by atoms with Gasteiger partial charge in [-0.25, -0.2) is 4.98 Å². The SMILES string of the molecule is NC(=S)c1cc2c(nc1NC1CC3CCC1O3)CCC2.